The summed E-state index contributed by atoms with van der Waals surface area (Å²) in [6, 6.07) is 8.15. The average molecular weight is 475 g/mol. The molecule has 0 spiro atoms. The topological polar surface area (TPSA) is 67.8 Å². The summed E-state index contributed by atoms with van der Waals surface area (Å²) in [7, 11) is 3.18. The number of carbonyl (C=O) groups excluding carboxylic acids is 1. The van der Waals surface area contributed by atoms with E-state index in [1.165, 1.54) is 11.3 Å². The minimum atomic E-state index is 0.0332. The second-order valence-corrected chi connectivity index (χ2v) is 9.25. The molecule has 1 unspecified atom stereocenters. The number of amides is 1. The number of benzene rings is 1. The number of hydrogen-bond donors (Lipinski definition) is 0. The largest absolute Gasteiger partial charge is 0.480 e. The van der Waals surface area contributed by atoms with Gasteiger partial charge in [-0.3, -0.25) is 9.69 Å². The smallest absolute Gasteiger partial charge is 0.264 e. The van der Waals surface area contributed by atoms with Crippen molar-refractivity contribution in [2.45, 2.75) is 26.5 Å². The highest BCUT2D eigenvalue weighted by Crippen LogP contribution is 2.36. The van der Waals surface area contributed by atoms with Crippen LogP contribution in [0.4, 0.5) is 0 Å². The molecule has 1 aliphatic heterocycles. The maximum atomic E-state index is 13.4. The van der Waals surface area contributed by atoms with E-state index in [0.717, 1.165) is 39.5 Å². The first kappa shape index (κ1) is 22.9. The minimum Gasteiger partial charge on any atom is -0.480 e. The Bertz CT molecular complexity index is 1130. The van der Waals surface area contributed by atoms with Gasteiger partial charge >= 0.3 is 0 Å². The quantitative estimate of drug-likeness (QED) is 0.529. The van der Waals surface area contributed by atoms with Gasteiger partial charge in [0.1, 0.15) is 11.4 Å². The molecule has 0 radical (unpaired) electrons. The van der Waals surface area contributed by atoms with Gasteiger partial charge in [0.25, 0.3) is 5.91 Å². The molecule has 1 atom stereocenters. The molecule has 1 amide bonds. The van der Waals surface area contributed by atoms with Crippen molar-refractivity contribution in [1.82, 2.24) is 19.8 Å². The van der Waals surface area contributed by atoms with E-state index in [4.69, 9.17) is 21.1 Å². The molecule has 1 fully saturated rings. The van der Waals surface area contributed by atoms with E-state index in [-0.39, 0.29) is 18.6 Å². The molecule has 2 aromatic heterocycles. The summed E-state index contributed by atoms with van der Waals surface area (Å²) in [4.78, 5) is 28.1. The summed E-state index contributed by atoms with van der Waals surface area (Å²) in [5, 5.41) is 1.58. The molecule has 170 valence electrons. The van der Waals surface area contributed by atoms with Crippen LogP contribution in [0, 0.1) is 6.92 Å². The number of aryl methyl sites for hydroxylation is 1. The van der Waals surface area contributed by atoms with Gasteiger partial charge in [0.2, 0.25) is 5.88 Å². The Hall–Kier alpha value is -2.26. The number of hydrogen-bond acceptors (Lipinski definition) is 7. The molecule has 0 N–H and O–H groups in total. The van der Waals surface area contributed by atoms with Crippen molar-refractivity contribution < 1.29 is 14.3 Å². The van der Waals surface area contributed by atoms with Crippen molar-refractivity contribution in [3.05, 3.63) is 51.1 Å². The molecule has 9 heteroatoms. The van der Waals surface area contributed by atoms with E-state index < -0.39 is 0 Å². The van der Waals surface area contributed by atoms with Gasteiger partial charge in [-0.2, -0.15) is 4.98 Å². The first-order valence-electron chi connectivity index (χ1n) is 10.5. The van der Waals surface area contributed by atoms with Crippen LogP contribution < -0.4 is 4.74 Å². The lowest BCUT2D eigenvalue weighted by atomic mass is 10.1. The molecule has 3 heterocycles. The van der Waals surface area contributed by atoms with Crippen LogP contribution in [0.5, 0.6) is 5.88 Å². The standard InChI is InChI=1S/C23H27ClN4O3S/c1-14-19-21(31-4)25-18(13-30-3)26-22(19)32-20(14)23(29)28-11-9-27(10-12-28)15(2)16-7-5-6-8-17(16)24/h5-8,15H,9-13H2,1-4H3. The molecule has 1 aliphatic rings. The monoisotopic (exact) mass is 474 g/mol. The first-order valence-corrected chi connectivity index (χ1v) is 11.7. The van der Waals surface area contributed by atoms with Crippen LogP contribution in [-0.4, -0.2) is 66.1 Å². The summed E-state index contributed by atoms with van der Waals surface area (Å²) in [6.45, 7) is 7.31. The van der Waals surface area contributed by atoms with E-state index >= 15 is 0 Å². The van der Waals surface area contributed by atoms with E-state index in [0.29, 0.717) is 29.7 Å². The van der Waals surface area contributed by atoms with Crippen molar-refractivity contribution in [3.8, 4) is 5.88 Å². The van der Waals surface area contributed by atoms with Crippen LogP contribution in [0.2, 0.25) is 5.02 Å². The summed E-state index contributed by atoms with van der Waals surface area (Å²) in [5.74, 6) is 1.05. The van der Waals surface area contributed by atoms with Crippen molar-refractivity contribution in [2.75, 3.05) is 40.4 Å². The maximum absolute atomic E-state index is 13.4. The fourth-order valence-electron chi connectivity index (χ4n) is 4.16. The average Bonchev–Trinajstić information content (AvgIpc) is 3.14. The minimum absolute atomic E-state index is 0.0332. The Morgan fingerprint density at radius 3 is 2.56 bits per heavy atom. The number of piperazine rings is 1. The molecule has 1 saturated heterocycles. The van der Waals surface area contributed by atoms with Gasteiger partial charge < -0.3 is 14.4 Å². The van der Waals surface area contributed by atoms with Crippen molar-refractivity contribution in [3.63, 3.8) is 0 Å². The van der Waals surface area contributed by atoms with Crippen LogP contribution in [0.3, 0.4) is 0 Å². The summed E-state index contributed by atoms with van der Waals surface area (Å²) in [6.07, 6.45) is 0. The summed E-state index contributed by atoms with van der Waals surface area (Å²) >= 11 is 7.78. The molecule has 0 bridgehead atoms. The highest BCUT2D eigenvalue weighted by molar-refractivity contribution is 7.20. The molecule has 0 aliphatic carbocycles. The molecule has 32 heavy (non-hydrogen) atoms. The number of methoxy groups -OCH3 is 2. The van der Waals surface area contributed by atoms with E-state index in [1.54, 1.807) is 14.2 Å². The van der Waals surface area contributed by atoms with Gasteiger partial charge in [-0.05, 0) is 31.0 Å². The normalized spacial score (nSPS) is 15.8. The summed E-state index contributed by atoms with van der Waals surface area (Å²) < 4.78 is 10.6. The molecular formula is C23H27ClN4O3S. The predicted octanol–water partition coefficient (Wildman–Crippen LogP) is 4.33. The first-order chi connectivity index (χ1) is 15.4. The number of nitrogens with zero attached hydrogens (tertiary/aromatic N) is 4. The number of rotatable bonds is 6. The van der Waals surface area contributed by atoms with Gasteiger partial charge in [-0.25, -0.2) is 4.98 Å². The SMILES string of the molecule is COCc1nc(OC)c2c(C)c(C(=O)N3CCN(C(C)c4ccccc4Cl)CC3)sc2n1. The predicted molar refractivity (Wildman–Crippen MR) is 127 cm³/mol. The fraction of sp³-hybridized carbons (Fsp3) is 0.435. The van der Waals surface area contributed by atoms with Gasteiger partial charge in [-0.15, -0.1) is 11.3 Å². The Labute approximate surface area is 196 Å². The van der Waals surface area contributed by atoms with E-state index in [2.05, 4.69) is 27.9 Å². The Balaban J connectivity index is 1.52. The third kappa shape index (κ3) is 4.32. The maximum Gasteiger partial charge on any atom is 0.264 e. The Morgan fingerprint density at radius 1 is 1.19 bits per heavy atom. The fourth-order valence-corrected chi connectivity index (χ4v) is 5.61. The lowest BCUT2D eigenvalue weighted by Crippen LogP contribution is -2.49. The summed E-state index contributed by atoms with van der Waals surface area (Å²) in [5.41, 5.74) is 1.98. The second-order valence-electron chi connectivity index (χ2n) is 7.84. The zero-order chi connectivity index (χ0) is 22.8. The highest BCUT2D eigenvalue weighted by atomic mass is 35.5. The lowest BCUT2D eigenvalue weighted by molar-refractivity contribution is 0.0586. The highest BCUT2D eigenvalue weighted by Gasteiger charge is 2.29. The zero-order valence-electron chi connectivity index (χ0n) is 18.7. The van der Waals surface area contributed by atoms with Crippen LogP contribution in [-0.2, 0) is 11.3 Å². The Morgan fingerprint density at radius 2 is 1.91 bits per heavy atom. The number of aromatic nitrogens is 2. The molecule has 1 aromatic carbocycles. The molecule has 0 saturated carbocycles. The van der Waals surface area contributed by atoms with Crippen molar-refractivity contribution >= 4 is 39.1 Å². The van der Waals surface area contributed by atoms with Gasteiger partial charge in [0.05, 0.1) is 17.4 Å². The number of halogens is 1. The number of carbonyl (C=O) groups is 1. The van der Waals surface area contributed by atoms with Crippen LogP contribution in [0.25, 0.3) is 10.2 Å². The lowest BCUT2D eigenvalue weighted by Gasteiger charge is -2.38. The second kappa shape index (κ2) is 9.70. The van der Waals surface area contributed by atoms with E-state index in [9.17, 15) is 4.79 Å². The Kier molecular flexibility index (Phi) is 6.95. The van der Waals surface area contributed by atoms with Crippen molar-refractivity contribution in [1.29, 1.82) is 0 Å². The number of ether oxygens (including phenoxy) is 2. The zero-order valence-corrected chi connectivity index (χ0v) is 20.3. The third-order valence-electron chi connectivity index (χ3n) is 5.97. The molecule has 7 nitrogen and oxygen atoms in total. The number of thiophene rings is 1. The molecular weight excluding hydrogens is 448 g/mol. The number of fused-ring (bicyclic) bond motifs is 1. The molecule has 3 aromatic rings. The van der Waals surface area contributed by atoms with Crippen LogP contribution >= 0.6 is 22.9 Å². The third-order valence-corrected chi connectivity index (χ3v) is 7.49. The van der Waals surface area contributed by atoms with Gasteiger partial charge in [0, 0.05) is 44.4 Å². The van der Waals surface area contributed by atoms with Crippen molar-refractivity contribution in [2.24, 2.45) is 0 Å². The van der Waals surface area contributed by atoms with Crippen LogP contribution in [0.1, 0.15) is 39.6 Å². The van der Waals surface area contributed by atoms with Gasteiger partial charge in [0.15, 0.2) is 5.82 Å². The van der Waals surface area contributed by atoms with Gasteiger partial charge in [-0.1, -0.05) is 29.8 Å². The van der Waals surface area contributed by atoms with E-state index in [1.807, 2.05) is 30.0 Å². The molecule has 4 rings (SSSR count). The van der Waals surface area contributed by atoms with Crippen LogP contribution in [0.15, 0.2) is 24.3 Å².